The van der Waals surface area contributed by atoms with Crippen LogP contribution in [0.4, 0.5) is 10.5 Å². The number of rotatable bonds is 6. The first-order chi connectivity index (χ1) is 16.2. The molecular weight excluding hydrogens is 456 g/mol. The molecule has 1 aliphatic heterocycles. The Balaban J connectivity index is 1.54. The highest BCUT2D eigenvalue weighted by Gasteiger charge is 2.53. The number of carbonyl (C=O) groups is 3. The normalized spacial score (nSPS) is 22.5. The zero-order chi connectivity index (χ0) is 24.5. The van der Waals surface area contributed by atoms with Crippen LogP contribution in [0.1, 0.15) is 49.9 Å². The number of hydrogen-bond acceptors (Lipinski definition) is 5. The van der Waals surface area contributed by atoms with E-state index in [2.05, 4.69) is 17.7 Å². The third kappa shape index (κ3) is 4.25. The summed E-state index contributed by atoms with van der Waals surface area (Å²) in [5, 5.41) is 3.45. The van der Waals surface area contributed by atoms with Crippen molar-refractivity contribution in [2.24, 2.45) is 5.92 Å². The van der Waals surface area contributed by atoms with Crippen LogP contribution in [0.2, 0.25) is 0 Å². The summed E-state index contributed by atoms with van der Waals surface area (Å²) in [4.78, 5) is 38.3. The predicted octanol–water partition coefficient (Wildman–Crippen LogP) is 3.05. The molecular formula is C24H28N4O5S. The molecule has 1 saturated heterocycles. The quantitative estimate of drug-likeness (QED) is 0.612. The maximum atomic E-state index is 13.3. The second-order valence-corrected chi connectivity index (χ2v) is 10.7. The number of para-hydroxylation sites is 1. The van der Waals surface area contributed by atoms with Crippen LogP contribution >= 0.6 is 0 Å². The summed E-state index contributed by atoms with van der Waals surface area (Å²) < 4.78 is 27.8. The Kier molecular flexibility index (Phi) is 6.35. The van der Waals surface area contributed by atoms with E-state index in [0.717, 1.165) is 12.8 Å². The van der Waals surface area contributed by atoms with Crippen molar-refractivity contribution in [2.75, 3.05) is 10.8 Å². The summed E-state index contributed by atoms with van der Waals surface area (Å²) in [6.45, 7) is 4.03. The summed E-state index contributed by atoms with van der Waals surface area (Å²) in [6.07, 6.45) is 2.66. The largest absolute Gasteiger partial charge is 0.344 e. The summed E-state index contributed by atoms with van der Waals surface area (Å²) >= 11 is 0. The zero-order valence-electron chi connectivity index (χ0n) is 19.2. The number of imide groups is 1. The van der Waals surface area contributed by atoms with E-state index in [1.807, 2.05) is 0 Å². The molecule has 1 saturated carbocycles. The molecule has 180 valence electrons. The van der Waals surface area contributed by atoms with Gasteiger partial charge in [-0.15, -0.1) is 0 Å². The van der Waals surface area contributed by atoms with Crippen LogP contribution in [-0.4, -0.2) is 43.4 Å². The second kappa shape index (κ2) is 9.09. The van der Waals surface area contributed by atoms with Gasteiger partial charge >= 0.3 is 6.03 Å². The minimum absolute atomic E-state index is 0.0176. The van der Waals surface area contributed by atoms with Crippen LogP contribution in [0.3, 0.4) is 0 Å². The maximum Gasteiger partial charge on any atom is 0.344 e. The fraction of sp³-hybridized carbons (Fsp3) is 0.375. The highest BCUT2D eigenvalue weighted by molar-refractivity contribution is 7.92. The standard InChI is InChI=1S/C24H28N4O5S/c1-3-27(19-9-5-4-6-10-19)34(32,33)20-11-7-8-18(16-20)21(29)26-28-22(30)24(25-23(28)31)14-12-17(2)13-15-24/h4-11,16-17H,3,12-15H2,1-2H3,(H,25,31)(H,26,29). The molecule has 2 N–H and O–H groups in total. The lowest BCUT2D eigenvalue weighted by atomic mass is 9.77. The van der Waals surface area contributed by atoms with E-state index in [0.29, 0.717) is 29.5 Å². The van der Waals surface area contributed by atoms with Crippen molar-refractivity contribution in [3.8, 4) is 0 Å². The lowest BCUT2D eigenvalue weighted by Gasteiger charge is -2.33. The number of hydrogen-bond donors (Lipinski definition) is 2. The van der Waals surface area contributed by atoms with Gasteiger partial charge in [0.15, 0.2) is 0 Å². The molecule has 0 radical (unpaired) electrons. The Bertz CT molecular complexity index is 1210. The van der Waals surface area contributed by atoms with E-state index in [4.69, 9.17) is 0 Å². The number of amides is 4. The van der Waals surface area contributed by atoms with Crippen molar-refractivity contribution in [3.05, 3.63) is 60.2 Å². The van der Waals surface area contributed by atoms with Crippen molar-refractivity contribution in [2.45, 2.75) is 50.0 Å². The maximum absolute atomic E-state index is 13.3. The molecule has 2 aromatic carbocycles. The van der Waals surface area contributed by atoms with Crippen LogP contribution < -0.4 is 15.0 Å². The molecule has 1 heterocycles. The van der Waals surface area contributed by atoms with E-state index < -0.39 is 33.4 Å². The average molecular weight is 485 g/mol. The fourth-order valence-corrected chi connectivity index (χ4v) is 6.01. The number of hydrazine groups is 1. The molecule has 1 aliphatic carbocycles. The lowest BCUT2D eigenvalue weighted by Crippen LogP contribution is -2.51. The molecule has 9 nitrogen and oxygen atoms in total. The highest BCUT2D eigenvalue weighted by Crippen LogP contribution is 2.36. The average Bonchev–Trinajstić information content (AvgIpc) is 3.06. The lowest BCUT2D eigenvalue weighted by molar-refractivity contribution is -0.134. The molecule has 0 unspecified atom stereocenters. The van der Waals surface area contributed by atoms with Gasteiger partial charge in [-0.3, -0.25) is 19.3 Å². The number of nitrogens with one attached hydrogen (secondary N) is 2. The molecule has 2 aliphatic rings. The van der Waals surface area contributed by atoms with Gasteiger partial charge in [0, 0.05) is 12.1 Å². The number of benzene rings is 2. The Morgan fingerprint density at radius 1 is 1.12 bits per heavy atom. The topological polar surface area (TPSA) is 116 Å². The van der Waals surface area contributed by atoms with Gasteiger partial charge in [0.05, 0.1) is 10.6 Å². The molecule has 1 spiro atoms. The molecule has 10 heteroatoms. The number of urea groups is 1. The van der Waals surface area contributed by atoms with Gasteiger partial charge in [-0.05, 0) is 68.9 Å². The molecule has 2 aromatic rings. The van der Waals surface area contributed by atoms with Gasteiger partial charge in [-0.1, -0.05) is 31.2 Å². The monoisotopic (exact) mass is 484 g/mol. The van der Waals surface area contributed by atoms with Gasteiger partial charge < -0.3 is 5.32 Å². The zero-order valence-corrected chi connectivity index (χ0v) is 20.0. The van der Waals surface area contributed by atoms with Crippen LogP contribution in [0.25, 0.3) is 0 Å². The van der Waals surface area contributed by atoms with Crippen molar-refractivity contribution in [1.82, 2.24) is 15.8 Å². The van der Waals surface area contributed by atoms with Gasteiger partial charge in [-0.25, -0.2) is 13.2 Å². The number of carbonyl (C=O) groups excluding carboxylic acids is 3. The Morgan fingerprint density at radius 3 is 2.44 bits per heavy atom. The van der Waals surface area contributed by atoms with E-state index in [-0.39, 0.29) is 17.0 Å². The summed E-state index contributed by atoms with van der Waals surface area (Å²) in [5.74, 6) is -0.755. The van der Waals surface area contributed by atoms with Crippen LogP contribution in [0.5, 0.6) is 0 Å². The van der Waals surface area contributed by atoms with Crippen molar-refractivity contribution < 1.29 is 22.8 Å². The molecule has 2 fully saturated rings. The summed E-state index contributed by atoms with van der Waals surface area (Å²) in [5.41, 5.74) is 1.89. The first kappa shape index (κ1) is 23.7. The minimum Gasteiger partial charge on any atom is -0.322 e. The first-order valence-corrected chi connectivity index (χ1v) is 12.8. The third-order valence-electron chi connectivity index (χ3n) is 6.52. The van der Waals surface area contributed by atoms with Crippen molar-refractivity contribution >= 4 is 33.6 Å². The fourth-order valence-electron chi connectivity index (χ4n) is 4.49. The highest BCUT2D eigenvalue weighted by atomic mass is 32.2. The van der Waals surface area contributed by atoms with E-state index in [1.54, 1.807) is 37.3 Å². The van der Waals surface area contributed by atoms with Gasteiger partial charge in [0.2, 0.25) is 0 Å². The van der Waals surface area contributed by atoms with E-state index in [1.165, 1.54) is 28.6 Å². The molecule has 4 rings (SSSR count). The van der Waals surface area contributed by atoms with Crippen molar-refractivity contribution in [1.29, 1.82) is 0 Å². The Hall–Kier alpha value is -3.40. The van der Waals surface area contributed by atoms with Crippen LogP contribution in [0, 0.1) is 5.92 Å². The molecule has 0 atom stereocenters. The third-order valence-corrected chi connectivity index (χ3v) is 8.42. The van der Waals surface area contributed by atoms with Gasteiger partial charge in [0.25, 0.3) is 21.8 Å². The molecule has 34 heavy (non-hydrogen) atoms. The smallest absolute Gasteiger partial charge is 0.322 e. The summed E-state index contributed by atoms with van der Waals surface area (Å²) in [7, 11) is -3.94. The van der Waals surface area contributed by atoms with Crippen LogP contribution in [-0.2, 0) is 14.8 Å². The van der Waals surface area contributed by atoms with Gasteiger partial charge in [-0.2, -0.15) is 5.01 Å². The minimum atomic E-state index is -3.94. The number of nitrogens with zero attached hydrogens (tertiary/aromatic N) is 2. The number of anilines is 1. The van der Waals surface area contributed by atoms with Crippen LogP contribution in [0.15, 0.2) is 59.5 Å². The molecule has 4 amide bonds. The van der Waals surface area contributed by atoms with Crippen molar-refractivity contribution in [3.63, 3.8) is 0 Å². The Morgan fingerprint density at radius 2 is 1.79 bits per heavy atom. The Labute approximate surface area is 199 Å². The van der Waals surface area contributed by atoms with E-state index >= 15 is 0 Å². The summed E-state index contributed by atoms with van der Waals surface area (Å²) in [6, 6.07) is 13.5. The SMILES string of the molecule is CCN(c1ccccc1)S(=O)(=O)c1cccc(C(=O)NN2C(=O)NC3(CCC(C)CC3)C2=O)c1. The number of sulfonamides is 1. The molecule has 0 aromatic heterocycles. The molecule has 0 bridgehead atoms. The first-order valence-electron chi connectivity index (χ1n) is 11.3. The van der Waals surface area contributed by atoms with E-state index in [9.17, 15) is 22.8 Å². The predicted molar refractivity (Wildman–Crippen MR) is 126 cm³/mol. The van der Waals surface area contributed by atoms with Gasteiger partial charge in [0.1, 0.15) is 5.54 Å². The second-order valence-electron chi connectivity index (χ2n) is 8.81.